The van der Waals surface area contributed by atoms with Gasteiger partial charge in [-0.3, -0.25) is 4.72 Å². The molecule has 1 aliphatic rings. The Morgan fingerprint density at radius 3 is 2.70 bits per heavy atom. The minimum absolute atomic E-state index is 0.102. The third-order valence-electron chi connectivity index (χ3n) is 4.05. The molecule has 7 heteroatoms. The van der Waals surface area contributed by atoms with E-state index in [2.05, 4.69) is 4.72 Å². The van der Waals surface area contributed by atoms with Crippen LogP contribution in [0.25, 0.3) is 0 Å². The molecule has 0 saturated heterocycles. The van der Waals surface area contributed by atoms with Gasteiger partial charge in [0.25, 0.3) is 0 Å². The van der Waals surface area contributed by atoms with Crippen LogP contribution >= 0.6 is 11.6 Å². The summed E-state index contributed by atoms with van der Waals surface area (Å²) in [6.07, 6.45) is 1.98. The Morgan fingerprint density at radius 1 is 1.43 bits per heavy atom. The second kappa shape index (κ2) is 6.93. The van der Waals surface area contributed by atoms with E-state index in [4.69, 9.17) is 11.6 Å². The molecule has 0 aliphatic heterocycles. The number of rotatable bonds is 5. The molecule has 126 valence electrons. The van der Waals surface area contributed by atoms with Gasteiger partial charge < -0.3 is 9.90 Å². The summed E-state index contributed by atoms with van der Waals surface area (Å²) in [5.41, 5.74) is 1.69. The van der Waals surface area contributed by atoms with Gasteiger partial charge in [-0.1, -0.05) is 30.2 Å². The van der Waals surface area contributed by atoms with E-state index in [1.54, 1.807) is 18.2 Å². The maximum Gasteiger partial charge on any atom is 0.239 e. The number of hydrogen-bond acceptors (Lipinski definition) is 4. The first-order valence-electron chi connectivity index (χ1n) is 7.47. The molecule has 0 saturated carbocycles. The number of aryl methyl sites for hydroxylation is 1. The van der Waals surface area contributed by atoms with Crippen LogP contribution in [0.2, 0.25) is 5.02 Å². The largest absolute Gasteiger partial charge is 0.545 e. The van der Waals surface area contributed by atoms with E-state index in [1.807, 2.05) is 13.8 Å². The van der Waals surface area contributed by atoms with Gasteiger partial charge >= 0.3 is 0 Å². The number of halogens is 1. The lowest BCUT2D eigenvalue weighted by Gasteiger charge is -2.29. The summed E-state index contributed by atoms with van der Waals surface area (Å²) >= 11 is 6.06. The summed E-state index contributed by atoms with van der Waals surface area (Å²) in [7, 11) is -3.92. The molecule has 1 aliphatic carbocycles. The zero-order valence-electron chi connectivity index (χ0n) is 13.1. The molecular formula is C16H19ClNO4S-. The molecule has 1 N–H and O–H groups in total. The number of benzene rings is 1. The van der Waals surface area contributed by atoms with Gasteiger partial charge in [-0.05, 0) is 55.9 Å². The topological polar surface area (TPSA) is 86.3 Å². The Hall–Kier alpha value is -1.53. The third-order valence-corrected chi connectivity index (χ3v) is 6.08. The number of carboxylic acid groups (broad SMARTS) is 1. The van der Waals surface area contributed by atoms with Gasteiger partial charge in [-0.25, -0.2) is 8.42 Å². The highest BCUT2D eigenvalue weighted by molar-refractivity contribution is 7.93. The van der Waals surface area contributed by atoms with E-state index < -0.39 is 21.2 Å². The third kappa shape index (κ3) is 3.87. The van der Waals surface area contributed by atoms with Crippen LogP contribution in [0, 0.1) is 6.92 Å². The van der Waals surface area contributed by atoms with Gasteiger partial charge in [-0.2, -0.15) is 0 Å². The number of carboxylic acids is 1. The fraction of sp³-hybridized carbons (Fsp3) is 0.438. The Kier molecular flexibility index (Phi) is 5.37. The quantitative estimate of drug-likeness (QED) is 0.877. The van der Waals surface area contributed by atoms with E-state index in [-0.39, 0.29) is 22.7 Å². The van der Waals surface area contributed by atoms with E-state index >= 15 is 0 Å². The van der Waals surface area contributed by atoms with Gasteiger partial charge in [0, 0.05) is 0 Å². The van der Waals surface area contributed by atoms with E-state index in [9.17, 15) is 18.3 Å². The van der Waals surface area contributed by atoms with E-state index in [0.29, 0.717) is 24.8 Å². The van der Waals surface area contributed by atoms with Gasteiger partial charge in [0.1, 0.15) is 5.25 Å². The first-order valence-corrected chi connectivity index (χ1v) is 9.39. The predicted octanol–water partition coefficient (Wildman–Crippen LogP) is 2.40. The van der Waals surface area contributed by atoms with Crippen molar-refractivity contribution >= 4 is 33.3 Å². The predicted molar refractivity (Wildman–Crippen MR) is 88.7 cm³/mol. The van der Waals surface area contributed by atoms with Gasteiger partial charge in [0.15, 0.2) is 0 Å². The van der Waals surface area contributed by atoms with Crippen molar-refractivity contribution in [3.8, 4) is 0 Å². The van der Waals surface area contributed by atoms with Crippen LogP contribution in [0.1, 0.15) is 38.2 Å². The number of aliphatic carboxylic acids is 1. The summed E-state index contributed by atoms with van der Waals surface area (Å²) in [5, 5.41) is 10.6. The molecule has 0 heterocycles. The van der Waals surface area contributed by atoms with Crippen molar-refractivity contribution in [2.75, 3.05) is 4.72 Å². The lowest BCUT2D eigenvalue weighted by molar-refractivity contribution is -0.299. The summed E-state index contributed by atoms with van der Waals surface area (Å²) < 4.78 is 27.8. The van der Waals surface area contributed by atoms with Gasteiger partial charge in [0.2, 0.25) is 10.0 Å². The molecule has 0 bridgehead atoms. The Labute approximate surface area is 141 Å². The highest BCUT2D eigenvalue weighted by Crippen LogP contribution is 2.33. The fourth-order valence-corrected chi connectivity index (χ4v) is 4.90. The molecule has 0 aromatic heterocycles. The SMILES string of the molecule is CCC1=C(C(=O)[O-])C(S(=O)(=O)Nc2ccc(C)cc2Cl)CCC1. The van der Waals surface area contributed by atoms with Crippen molar-refractivity contribution in [2.45, 2.75) is 44.8 Å². The van der Waals surface area contributed by atoms with Crippen molar-refractivity contribution in [1.29, 1.82) is 0 Å². The standard InChI is InChI=1S/C16H20ClNO4S/c1-3-11-5-4-6-14(15(11)16(19)20)23(21,22)18-13-8-7-10(2)9-12(13)17/h7-9,14,18H,3-6H2,1-2H3,(H,19,20)/p-1. The van der Waals surface area contributed by atoms with E-state index in [1.165, 1.54) is 0 Å². The van der Waals surface area contributed by atoms with Crippen molar-refractivity contribution < 1.29 is 18.3 Å². The van der Waals surface area contributed by atoms with Crippen LogP contribution in [-0.2, 0) is 14.8 Å². The summed E-state index contributed by atoms with van der Waals surface area (Å²) in [6.45, 7) is 3.66. The number of carbonyl (C=O) groups is 1. The number of nitrogens with one attached hydrogen (secondary N) is 1. The van der Waals surface area contributed by atoms with Crippen LogP contribution in [0.15, 0.2) is 29.3 Å². The molecule has 0 amide bonds. The smallest absolute Gasteiger partial charge is 0.239 e. The van der Waals surface area contributed by atoms with Crippen LogP contribution in [0.5, 0.6) is 0 Å². The molecule has 1 aromatic carbocycles. The van der Waals surface area contributed by atoms with Crippen molar-refractivity contribution in [1.82, 2.24) is 0 Å². The zero-order chi connectivity index (χ0) is 17.2. The fourth-order valence-electron chi connectivity index (χ4n) is 2.89. The van der Waals surface area contributed by atoms with Gasteiger partial charge in [-0.15, -0.1) is 0 Å². The molecule has 1 aromatic rings. The van der Waals surface area contributed by atoms with Crippen LogP contribution in [0.4, 0.5) is 5.69 Å². The average Bonchev–Trinajstić information content (AvgIpc) is 2.49. The molecule has 0 fully saturated rings. The molecular weight excluding hydrogens is 338 g/mol. The average molecular weight is 357 g/mol. The van der Waals surface area contributed by atoms with E-state index in [0.717, 1.165) is 5.56 Å². The first-order chi connectivity index (χ1) is 10.8. The van der Waals surface area contributed by atoms with Crippen LogP contribution < -0.4 is 9.83 Å². The minimum Gasteiger partial charge on any atom is -0.545 e. The Morgan fingerprint density at radius 2 is 2.13 bits per heavy atom. The van der Waals surface area contributed by atoms with Gasteiger partial charge in [0.05, 0.1) is 16.7 Å². The Balaban J connectivity index is 2.40. The number of sulfonamides is 1. The molecule has 1 unspecified atom stereocenters. The highest BCUT2D eigenvalue weighted by Gasteiger charge is 2.34. The number of anilines is 1. The lowest BCUT2D eigenvalue weighted by atomic mass is 9.90. The maximum absolute atomic E-state index is 12.7. The van der Waals surface area contributed by atoms with Crippen molar-refractivity contribution in [3.63, 3.8) is 0 Å². The first kappa shape index (κ1) is 17.8. The summed E-state index contributed by atoms with van der Waals surface area (Å²) in [4.78, 5) is 11.5. The summed E-state index contributed by atoms with van der Waals surface area (Å²) in [6, 6.07) is 4.95. The Bertz CT molecular complexity index is 755. The lowest BCUT2D eigenvalue weighted by Crippen LogP contribution is -2.40. The van der Waals surface area contributed by atoms with Crippen molar-refractivity contribution in [2.24, 2.45) is 0 Å². The van der Waals surface area contributed by atoms with Crippen molar-refractivity contribution in [3.05, 3.63) is 39.9 Å². The second-order valence-corrected chi connectivity index (χ2v) is 7.94. The zero-order valence-corrected chi connectivity index (χ0v) is 14.6. The monoisotopic (exact) mass is 356 g/mol. The molecule has 0 radical (unpaired) electrons. The molecule has 2 rings (SSSR count). The minimum atomic E-state index is -3.92. The number of carbonyl (C=O) groups excluding carboxylic acids is 1. The molecule has 1 atom stereocenters. The molecule has 5 nitrogen and oxygen atoms in total. The maximum atomic E-state index is 12.7. The second-order valence-electron chi connectivity index (χ2n) is 5.67. The highest BCUT2D eigenvalue weighted by atomic mass is 35.5. The molecule has 23 heavy (non-hydrogen) atoms. The normalized spacial score (nSPS) is 18.8. The summed E-state index contributed by atoms with van der Waals surface area (Å²) in [5.74, 6) is -1.41. The van der Waals surface area contributed by atoms with Crippen LogP contribution in [-0.4, -0.2) is 19.6 Å². The number of hydrogen-bond donors (Lipinski definition) is 1. The van der Waals surface area contributed by atoms with Crippen LogP contribution in [0.3, 0.4) is 0 Å². The number of allylic oxidation sites excluding steroid dienone is 1. The molecule has 0 spiro atoms.